The third kappa shape index (κ3) is 1.59. The molecule has 0 atom stereocenters. The van der Waals surface area contributed by atoms with Gasteiger partial charge in [-0.1, -0.05) is 36.3 Å². The highest BCUT2D eigenvalue weighted by Gasteiger charge is 2.17. The molecule has 0 fully saturated rings. The SMILES string of the molecule is N#CC#Cc1ccc2c(c1)Cc1ccccc1-2. The molecule has 3 rings (SSSR count). The number of rotatable bonds is 0. The maximum atomic E-state index is 8.44. The molecule has 1 heteroatoms. The van der Waals surface area contributed by atoms with Crippen molar-refractivity contribution in [1.29, 1.82) is 5.26 Å². The standard InChI is InChI=1S/C16H9N/c17-9-3-4-12-7-8-16-14(10-12)11-13-5-1-2-6-15(13)16/h1-2,5-8,10H,11H2. The second-order valence-corrected chi connectivity index (χ2v) is 4.07. The molecule has 1 nitrogen and oxygen atoms in total. The van der Waals surface area contributed by atoms with Crippen molar-refractivity contribution in [2.75, 3.05) is 0 Å². The smallest absolute Gasteiger partial charge is 0.152 e. The first-order valence-electron chi connectivity index (χ1n) is 5.50. The van der Waals surface area contributed by atoms with Crippen molar-refractivity contribution in [1.82, 2.24) is 0 Å². The molecule has 1 aliphatic carbocycles. The molecule has 0 unspecified atom stereocenters. The van der Waals surface area contributed by atoms with E-state index in [0.717, 1.165) is 12.0 Å². The maximum Gasteiger partial charge on any atom is 0.152 e. The summed E-state index contributed by atoms with van der Waals surface area (Å²) in [7, 11) is 0. The Balaban J connectivity index is 2.11. The van der Waals surface area contributed by atoms with Gasteiger partial charge in [-0.15, -0.1) is 0 Å². The molecule has 2 aromatic rings. The van der Waals surface area contributed by atoms with E-state index in [1.54, 1.807) is 0 Å². The molecule has 0 aliphatic heterocycles. The van der Waals surface area contributed by atoms with Crippen molar-refractivity contribution in [3.63, 3.8) is 0 Å². The van der Waals surface area contributed by atoms with Gasteiger partial charge in [-0.05, 0) is 40.8 Å². The number of nitriles is 1. The molecular formula is C16H9N. The number of hydrogen-bond donors (Lipinski definition) is 0. The van der Waals surface area contributed by atoms with E-state index in [1.165, 1.54) is 22.3 Å². The van der Waals surface area contributed by atoms with Gasteiger partial charge in [-0.25, -0.2) is 0 Å². The van der Waals surface area contributed by atoms with E-state index in [0.29, 0.717) is 0 Å². The van der Waals surface area contributed by atoms with E-state index in [2.05, 4.69) is 48.2 Å². The minimum absolute atomic E-state index is 0.915. The zero-order chi connectivity index (χ0) is 11.7. The zero-order valence-corrected chi connectivity index (χ0v) is 9.20. The van der Waals surface area contributed by atoms with Crippen LogP contribution in [0.5, 0.6) is 0 Å². The van der Waals surface area contributed by atoms with Gasteiger partial charge in [0.05, 0.1) is 0 Å². The van der Waals surface area contributed by atoms with Crippen LogP contribution in [0.15, 0.2) is 42.5 Å². The summed E-state index contributed by atoms with van der Waals surface area (Å²) in [6.07, 6.45) is 0.966. The minimum Gasteiger partial charge on any atom is -0.183 e. The van der Waals surface area contributed by atoms with Crippen LogP contribution < -0.4 is 0 Å². The number of benzene rings is 2. The summed E-state index contributed by atoms with van der Waals surface area (Å²) >= 11 is 0. The Morgan fingerprint density at radius 3 is 2.65 bits per heavy atom. The third-order valence-corrected chi connectivity index (χ3v) is 3.06. The Bertz CT molecular complexity index is 693. The first-order chi connectivity index (χ1) is 8.38. The van der Waals surface area contributed by atoms with Crippen LogP contribution in [0.1, 0.15) is 16.7 Å². The van der Waals surface area contributed by atoms with Gasteiger partial charge in [0.2, 0.25) is 0 Å². The average Bonchev–Trinajstić information content (AvgIpc) is 2.74. The van der Waals surface area contributed by atoms with Crippen LogP contribution in [-0.4, -0.2) is 0 Å². The first kappa shape index (κ1) is 9.70. The summed E-state index contributed by atoms with van der Waals surface area (Å²) in [5.74, 6) is 5.27. The van der Waals surface area contributed by atoms with Crippen LogP contribution in [0.3, 0.4) is 0 Å². The lowest BCUT2D eigenvalue weighted by molar-refractivity contribution is 1.26. The van der Waals surface area contributed by atoms with Gasteiger partial charge >= 0.3 is 0 Å². The number of hydrogen-bond acceptors (Lipinski definition) is 1. The van der Waals surface area contributed by atoms with Gasteiger partial charge < -0.3 is 0 Å². The maximum absolute atomic E-state index is 8.44. The van der Waals surface area contributed by atoms with E-state index in [9.17, 15) is 0 Å². The van der Waals surface area contributed by atoms with Crippen molar-refractivity contribution in [2.45, 2.75) is 6.42 Å². The molecule has 0 aromatic heterocycles. The predicted molar refractivity (Wildman–Crippen MR) is 67.2 cm³/mol. The van der Waals surface area contributed by atoms with Crippen LogP contribution in [0, 0.1) is 23.2 Å². The fraction of sp³-hybridized carbons (Fsp3) is 0.0625. The lowest BCUT2D eigenvalue weighted by Crippen LogP contribution is -1.82. The van der Waals surface area contributed by atoms with E-state index in [1.807, 2.05) is 12.1 Å². The topological polar surface area (TPSA) is 23.8 Å². The average molecular weight is 215 g/mol. The Kier molecular flexibility index (Phi) is 2.18. The van der Waals surface area contributed by atoms with E-state index in [-0.39, 0.29) is 0 Å². The van der Waals surface area contributed by atoms with Crippen molar-refractivity contribution in [3.8, 4) is 29.0 Å². The summed E-state index contributed by atoms with van der Waals surface area (Å²) < 4.78 is 0. The third-order valence-electron chi connectivity index (χ3n) is 3.06. The Morgan fingerprint density at radius 1 is 0.941 bits per heavy atom. The molecule has 0 amide bonds. The van der Waals surface area contributed by atoms with Crippen molar-refractivity contribution in [2.24, 2.45) is 0 Å². The van der Waals surface area contributed by atoms with Gasteiger partial charge in [0.25, 0.3) is 0 Å². The largest absolute Gasteiger partial charge is 0.183 e. The molecule has 0 N–H and O–H groups in total. The molecule has 0 saturated heterocycles. The van der Waals surface area contributed by atoms with Gasteiger partial charge in [-0.2, -0.15) is 5.26 Å². The van der Waals surface area contributed by atoms with Crippen molar-refractivity contribution in [3.05, 3.63) is 59.2 Å². The highest BCUT2D eigenvalue weighted by Crippen LogP contribution is 2.36. The van der Waals surface area contributed by atoms with Crippen molar-refractivity contribution >= 4 is 0 Å². The lowest BCUT2D eigenvalue weighted by atomic mass is 10.0. The lowest BCUT2D eigenvalue weighted by Gasteiger charge is -2.00. The summed E-state index contributed by atoms with van der Waals surface area (Å²) in [6.45, 7) is 0. The normalized spacial score (nSPS) is 10.8. The van der Waals surface area contributed by atoms with Crippen LogP contribution in [0.2, 0.25) is 0 Å². The van der Waals surface area contributed by atoms with Crippen molar-refractivity contribution < 1.29 is 0 Å². The highest BCUT2D eigenvalue weighted by atomic mass is 14.2. The fourth-order valence-electron chi connectivity index (χ4n) is 2.32. The second kappa shape index (κ2) is 3.81. The fourth-order valence-corrected chi connectivity index (χ4v) is 2.32. The minimum atomic E-state index is 0.915. The molecule has 17 heavy (non-hydrogen) atoms. The Labute approximate surface area is 100 Å². The summed E-state index contributed by atoms with van der Waals surface area (Å²) in [5.41, 5.74) is 6.20. The van der Waals surface area contributed by atoms with Crippen LogP contribution in [0.25, 0.3) is 11.1 Å². The number of nitrogens with zero attached hydrogens (tertiary/aromatic N) is 1. The monoisotopic (exact) mass is 215 g/mol. The van der Waals surface area contributed by atoms with Crippen LogP contribution in [-0.2, 0) is 6.42 Å². The Hall–Kier alpha value is -2.51. The quantitative estimate of drug-likeness (QED) is 0.528. The van der Waals surface area contributed by atoms with E-state index in [4.69, 9.17) is 5.26 Å². The predicted octanol–water partition coefficient (Wildman–Crippen LogP) is 3.13. The van der Waals surface area contributed by atoms with Gasteiger partial charge in [0, 0.05) is 11.5 Å². The molecule has 0 bridgehead atoms. The molecule has 0 heterocycles. The zero-order valence-electron chi connectivity index (χ0n) is 9.20. The molecule has 78 valence electrons. The number of fused-ring (bicyclic) bond motifs is 3. The summed E-state index contributed by atoms with van der Waals surface area (Å²) in [5, 5.41) is 8.44. The highest BCUT2D eigenvalue weighted by molar-refractivity contribution is 5.77. The first-order valence-corrected chi connectivity index (χ1v) is 5.50. The van der Waals surface area contributed by atoms with E-state index < -0.39 is 0 Å². The molecule has 2 aromatic carbocycles. The molecule has 0 spiro atoms. The molecule has 0 radical (unpaired) electrons. The second-order valence-electron chi connectivity index (χ2n) is 4.07. The van der Waals surface area contributed by atoms with E-state index >= 15 is 0 Å². The summed E-state index contributed by atoms with van der Waals surface area (Å²) in [4.78, 5) is 0. The Morgan fingerprint density at radius 2 is 1.76 bits per heavy atom. The summed E-state index contributed by atoms with van der Waals surface area (Å²) in [6, 6.07) is 16.5. The van der Waals surface area contributed by atoms with Gasteiger partial charge in [-0.3, -0.25) is 0 Å². The molecule has 1 aliphatic rings. The van der Waals surface area contributed by atoms with Gasteiger partial charge in [0.15, 0.2) is 6.07 Å². The van der Waals surface area contributed by atoms with Crippen LogP contribution in [0.4, 0.5) is 0 Å². The molecule has 0 saturated carbocycles. The molecular weight excluding hydrogens is 206 g/mol. The van der Waals surface area contributed by atoms with Crippen LogP contribution >= 0.6 is 0 Å². The van der Waals surface area contributed by atoms with Gasteiger partial charge in [0.1, 0.15) is 0 Å².